The van der Waals surface area contributed by atoms with Gasteiger partial charge in [0.05, 0.1) is 16.9 Å². The predicted molar refractivity (Wildman–Crippen MR) is 96.3 cm³/mol. The number of anilines is 1. The molecule has 1 heterocycles. The standard InChI is InChI=1S/C19H16ClN3/c20-14-8-9-16-18(10-11-21-19(16)12-14)23-22-17-7-3-5-13-4-1-2-6-15(13)17/h1-2,4,6,8-12H,3,5,7H2,(H,21,23)/b22-17-. The van der Waals surface area contributed by atoms with E-state index in [2.05, 4.69) is 39.8 Å². The number of pyridine rings is 1. The van der Waals surface area contributed by atoms with E-state index in [1.165, 1.54) is 11.1 Å². The van der Waals surface area contributed by atoms with Crippen LogP contribution in [0.2, 0.25) is 5.02 Å². The Bertz CT molecular complexity index is 902. The van der Waals surface area contributed by atoms with E-state index in [1.54, 1.807) is 6.20 Å². The van der Waals surface area contributed by atoms with Crippen molar-refractivity contribution < 1.29 is 0 Å². The first-order chi connectivity index (χ1) is 11.3. The second-order valence-electron chi connectivity index (χ2n) is 5.70. The Morgan fingerprint density at radius 1 is 1.04 bits per heavy atom. The van der Waals surface area contributed by atoms with Crippen molar-refractivity contribution in [1.29, 1.82) is 0 Å². The van der Waals surface area contributed by atoms with Gasteiger partial charge in [0.1, 0.15) is 0 Å². The second kappa shape index (κ2) is 6.01. The van der Waals surface area contributed by atoms with Crippen molar-refractivity contribution in [3.63, 3.8) is 0 Å². The maximum atomic E-state index is 6.04. The lowest BCUT2D eigenvalue weighted by Gasteiger charge is -2.17. The summed E-state index contributed by atoms with van der Waals surface area (Å²) < 4.78 is 0. The first kappa shape index (κ1) is 14.2. The molecule has 1 N–H and O–H groups in total. The van der Waals surface area contributed by atoms with Gasteiger partial charge >= 0.3 is 0 Å². The molecule has 1 aromatic heterocycles. The summed E-state index contributed by atoms with van der Waals surface area (Å²) in [7, 11) is 0. The minimum Gasteiger partial charge on any atom is -0.277 e. The highest BCUT2D eigenvalue weighted by molar-refractivity contribution is 6.31. The largest absolute Gasteiger partial charge is 0.277 e. The molecule has 0 bridgehead atoms. The molecule has 3 aromatic rings. The molecule has 23 heavy (non-hydrogen) atoms. The van der Waals surface area contributed by atoms with Crippen LogP contribution < -0.4 is 5.43 Å². The fraction of sp³-hybridized carbons (Fsp3) is 0.158. The number of fused-ring (bicyclic) bond motifs is 2. The number of benzene rings is 2. The van der Waals surface area contributed by atoms with Crippen LogP contribution in [0.15, 0.2) is 59.8 Å². The van der Waals surface area contributed by atoms with E-state index in [9.17, 15) is 0 Å². The van der Waals surface area contributed by atoms with Crippen LogP contribution in [0.1, 0.15) is 24.0 Å². The molecule has 1 aliphatic rings. The minimum atomic E-state index is 0.690. The minimum absolute atomic E-state index is 0.690. The topological polar surface area (TPSA) is 37.3 Å². The normalized spacial score (nSPS) is 15.6. The van der Waals surface area contributed by atoms with Crippen LogP contribution in [0.5, 0.6) is 0 Å². The molecule has 0 saturated carbocycles. The number of hydrazone groups is 1. The lowest BCUT2D eigenvalue weighted by molar-refractivity contribution is 0.837. The number of hydrogen-bond acceptors (Lipinski definition) is 3. The Morgan fingerprint density at radius 3 is 2.91 bits per heavy atom. The van der Waals surface area contributed by atoms with Crippen molar-refractivity contribution >= 4 is 33.9 Å². The maximum absolute atomic E-state index is 6.04. The van der Waals surface area contributed by atoms with Gasteiger partial charge in [-0.05, 0) is 49.1 Å². The van der Waals surface area contributed by atoms with Gasteiger partial charge in [-0.2, -0.15) is 5.10 Å². The summed E-state index contributed by atoms with van der Waals surface area (Å²) >= 11 is 6.04. The molecule has 0 fully saturated rings. The summed E-state index contributed by atoms with van der Waals surface area (Å²) in [6.45, 7) is 0. The van der Waals surface area contributed by atoms with E-state index in [4.69, 9.17) is 11.6 Å². The molecule has 3 nitrogen and oxygen atoms in total. The van der Waals surface area contributed by atoms with Crippen LogP contribution >= 0.6 is 11.6 Å². The monoisotopic (exact) mass is 321 g/mol. The third-order valence-corrected chi connectivity index (χ3v) is 4.44. The SMILES string of the molecule is Clc1ccc2c(N/N=C3/CCCc4ccccc43)ccnc2c1. The Kier molecular flexibility index (Phi) is 3.72. The fourth-order valence-electron chi connectivity index (χ4n) is 3.06. The highest BCUT2D eigenvalue weighted by Gasteiger charge is 2.14. The lowest BCUT2D eigenvalue weighted by atomic mass is 9.90. The second-order valence-corrected chi connectivity index (χ2v) is 6.14. The molecule has 4 rings (SSSR count). The van der Waals surface area contributed by atoms with Crippen molar-refractivity contribution in [2.24, 2.45) is 5.10 Å². The predicted octanol–water partition coefficient (Wildman–Crippen LogP) is 5.04. The van der Waals surface area contributed by atoms with Crippen LogP contribution in [0, 0.1) is 0 Å². The molecular formula is C19H16ClN3. The molecule has 2 aromatic carbocycles. The highest BCUT2D eigenvalue weighted by atomic mass is 35.5. The summed E-state index contributed by atoms with van der Waals surface area (Å²) in [5.41, 5.74) is 8.79. The number of aromatic nitrogens is 1. The van der Waals surface area contributed by atoms with Gasteiger partial charge in [-0.25, -0.2) is 0 Å². The Labute approximate surface area is 140 Å². The zero-order valence-corrected chi connectivity index (χ0v) is 13.3. The molecular weight excluding hydrogens is 306 g/mol. The zero-order chi connectivity index (χ0) is 15.6. The molecule has 0 saturated heterocycles. The van der Waals surface area contributed by atoms with Gasteiger partial charge in [-0.3, -0.25) is 10.4 Å². The van der Waals surface area contributed by atoms with E-state index in [0.717, 1.165) is 41.6 Å². The van der Waals surface area contributed by atoms with Crippen molar-refractivity contribution in [3.8, 4) is 0 Å². The molecule has 0 amide bonds. The molecule has 0 unspecified atom stereocenters. The average Bonchev–Trinajstić information content (AvgIpc) is 2.59. The van der Waals surface area contributed by atoms with Crippen molar-refractivity contribution in [2.45, 2.75) is 19.3 Å². The number of nitrogens with one attached hydrogen (secondary N) is 1. The number of nitrogens with zero attached hydrogens (tertiary/aromatic N) is 2. The first-order valence-electron chi connectivity index (χ1n) is 7.76. The summed E-state index contributed by atoms with van der Waals surface area (Å²) in [6, 6.07) is 16.2. The van der Waals surface area contributed by atoms with E-state index in [-0.39, 0.29) is 0 Å². The number of halogens is 1. The maximum Gasteiger partial charge on any atom is 0.0738 e. The molecule has 1 aliphatic carbocycles. The lowest BCUT2D eigenvalue weighted by Crippen LogP contribution is -2.13. The number of aryl methyl sites for hydroxylation is 1. The van der Waals surface area contributed by atoms with Crippen molar-refractivity contribution in [2.75, 3.05) is 5.43 Å². The van der Waals surface area contributed by atoms with Gasteiger partial charge < -0.3 is 0 Å². The van der Waals surface area contributed by atoms with E-state index in [1.807, 2.05) is 24.3 Å². The third-order valence-electron chi connectivity index (χ3n) is 4.20. The first-order valence-corrected chi connectivity index (χ1v) is 8.14. The van der Waals surface area contributed by atoms with Crippen molar-refractivity contribution in [1.82, 2.24) is 4.98 Å². The smallest absolute Gasteiger partial charge is 0.0738 e. The Balaban J connectivity index is 1.70. The summed E-state index contributed by atoms with van der Waals surface area (Å²) in [5, 5.41) is 6.38. The van der Waals surface area contributed by atoms with Crippen LogP contribution in [0.3, 0.4) is 0 Å². The van der Waals surface area contributed by atoms with Gasteiger partial charge in [-0.1, -0.05) is 35.9 Å². The Morgan fingerprint density at radius 2 is 1.96 bits per heavy atom. The van der Waals surface area contributed by atoms with Crippen LogP contribution in [-0.4, -0.2) is 10.7 Å². The van der Waals surface area contributed by atoms with E-state index in [0.29, 0.717) is 5.02 Å². The summed E-state index contributed by atoms with van der Waals surface area (Å²) in [4.78, 5) is 4.36. The average molecular weight is 322 g/mol. The third kappa shape index (κ3) is 2.80. The Hall–Kier alpha value is -2.39. The summed E-state index contributed by atoms with van der Waals surface area (Å²) in [5.74, 6) is 0. The van der Waals surface area contributed by atoms with Crippen LogP contribution in [0.4, 0.5) is 5.69 Å². The molecule has 0 aliphatic heterocycles. The summed E-state index contributed by atoms with van der Waals surface area (Å²) in [6.07, 6.45) is 5.05. The highest BCUT2D eigenvalue weighted by Crippen LogP contribution is 2.26. The molecule has 0 spiro atoms. The molecule has 4 heteroatoms. The van der Waals surface area contributed by atoms with E-state index < -0.39 is 0 Å². The molecule has 114 valence electrons. The van der Waals surface area contributed by atoms with Crippen molar-refractivity contribution in [3.05, 3.63) is 70.9 Å². The fourth-order valence-corrected chi connectivity index (χ4v) is 3.23. The van der Waals surface area contributed by atoms with Gasteiger partial charge in [0.2, 0.25) is 0 Å². The quantitative estimate of drug-likeness (QED) is 0.671. The number of rotatable bonds is 2. The molecule has 0 radical (unpaired) electrons. The van der Waals surface area contributed by atoms with Gasteiger partial charge in [0.25, 0.3) is 0 Å². The molecule has 0 atom stereocenters. The van der Waals surface area contributed by atoms with Gasteiger partial charge in [0, 0.05) is 22.2 Å². The van der Waals surface area contributed by atoms with E-state index >= 15 is 0 Å². The van der Waals surface area contributed by atoms with Crippen LogP contribution in [0.25, 0.3) is 10.9 Å². The van der Waals surface area contributed by atoms with Gasteiger partial charge in [-0.15, -0.1) is 0 Å². The number of hydrogen-bond donors (Lipinski definition) is 1. The van der Waals surface area contributed by atoms with Gasteiger partial charge in [0.15, 0.2) is 0 Å². The zero-order valence-electron chi connectivity index (χ0n) is 12.6. The van der Waals surface area contributed by atoms with Crippen LogP contribution in [-0.2, 0) is 6.42 Å².